The van der Waals surface area contributed by atoms with Crippen molar-refractivity contribution in [1.29, 1.82) is 0 Å². The number of ether oxygens (including phenoxy) is 1. The van der Waals surface area contributed by atoms with E-state index in [1.54, 1.807) is 24.3 Å². The highest BCUT2D eigenvalue weighted by Gasteiger charge is 2.12. The summed E-state index contributed by atoms with van der Waals surface area (Å²) in [4.78, 5) is 16.8. The van der Waals surface area contributed by atoms with Crippen LogP contribution in [0.15, 0.2) is 84.9 Å². The fraction of sp³-hybridized carbons (Fsp3) is 0.0435. The summed E-state index contributed by atoms with van der Waals surface area (Å²) < 4.78 is 19.5. The third kappa shape index (κ3) is 3.99. The van der Waals surface area contributed by atoms with Crippen molar-refractivity contribution < 1.29 is 13.9 Å². The van der Waals surface area contributed by atoms with Crippen molar-refractivity contribution in [3.63, 3.8) is 0 Å². The van der Waals surface area contributed by atoms with E-state index in [0.29, 0.717) is 28.0 Å². The molecule has 1 aromatic heterocycles. The number of fused-ring (bicyclic) bond motifs is 1. The van der Waals surface area contributed by atoms with Crippen LogP contribution in [0.3, 0.4) is 0 Å². The van der Waals surface area contributed by atoms with Gasteiger partial charge in [0, 0.05) is 22.7 Å². The monoisotopic (exact) mass is 372 g/mol. The lowest BCUT2D eigenvalue weighted by Gasteiger charge is -2.12. The highest BCUT2D eigenvalue weighted by Crippen LogP contribution is 2.30. The van der Waals surface area contributed by atoms with Crippen LogP contribution in [0, 0.1) is 5.82 Å². The molecule has 0 unspecified atom stereocenters. The van der Waals surface area contributed by atoms with Crippen LogP contribution >= 0.6 is 0 Å². The van der Waals surface area contributed by atoms with Crippen molar-refractivity contribution in [2.75, 3.05) is 11.9 Å². The van der Waals surface area contributed by atoms with Gasteiger partial charge in [-0.15, -0.1) is 0 Å². The van der Waals surface area contributed by atoms with E-state index in [1.807, 2.05) is 48.5 Å². The summed E-state index contributed by atoms with van der Waals surface area (Å²) in [5.74, 6) is -0.277. The fourth-order valence-electron chi connectivity index (χ4n) is 2.91. The Labute approximate surface area is 161 Å². The van der Waals surface area contributed by atoms with Gasteiger partial charge in [-0.2, -0.15) is 0 Å². The van der Waals surface area contributed by atoms with E-state index in [4.69, 9.17) is 4.74 Å². The van der Waals surface area contributed by atoms with Crippen LogP contribution in [0.4, 0.5) is 10.1 Å². The lowest BCUT2D eigenvalue weighted by atomic mass is 10.1. The Balaban J connectivity index is 1.63. The van der Waals surface area contributed by atoms with Crippen molar-refractivity contribution in [3.05, 3.63) is 90.7 Å². The quantitative estimate of drug-likeness (QED) is 0.533. The molecule has 3 aromatic carbocycles. The second kappa shape index (κ2) is 7.88. The van der Waals surface area contributed by atoms with Crippen molar-refractivity contribution in [2.24, 2.45) is 0 Å². The molecule has 0 bridgehead atoms. The van der Waals surface area contributed by atoms with Gasteiger partial charge in [0.15, 0.2) is 6.61 Å². The minimum atomic E-state index is -0.389. The normalized spacial score (nSPS) is 10.6. The predicted molar refractivity (Wildman–Crippen MR) is 108 cm³/mol. The van der Waals surface area contributed by atoms with Crippen LogP contribution in [0.25, 0.3) is 22.2 Å². The molecule has 0 aliphatic rings. The summed E-state index contributed by atoms with van der Waals surface area (Å²) in [6, 6.07) is 24.8. The molecule has 0 radical (unpaired) electrons. The number of rotatable bonds is 5. The molecule has 138 valence electrons. The maximum Gasteiger partial charge on any atom is 0.262 e. The van der Waals surface area contributed by atoms with Gasteiger partial charge < -0.3 is 10.1 Å². The summed E-state index contributed by atoms with van der Waals surface area (Å²) in [5.41, 5.74) is 2.89. The van der Waals surface area contributed by atoms with E-state index < -0.39 is 0 Å². The number of nitrogens with one attached hydrogen (secondary N) is 1. The van der Waals surface area contributed by atoms with E-state index in [0.717, 1.165) is 5.56 Å². The van der Waals surface area contributed by atoms with E-state index in [1.165, 1.54) is 12.1 Å². The SMILES string of the molecule is O=C(COc1cc(-c2ccccc2)nc2ccc(F)cc12)Nc1ccccc1. The van der Waals surface area contributed by atoms with E-state index >= 15 is 0 Å². The first-order chi connectivity index (χ1) is 13.7. The minimum Gasteiger partial charge on any atom is -0.483 e. The average Bonchev–Trinajstić information content (AvgIpc) is 2.73. The van der Waals surface area contributed by atoms with Gasteiger partial charge in [-0.05, 0) is 30.3 Å². The number of aromatic nitrogens is 1. The third-order valence-electron chi connectivity index (χ3n) is 4.22. The first-order valence-corrected chi connectivity index (χ1v) is 8.82. The Morgan fingerprint density at radius 2 is 1.64 bits per heavy atom. The summed E-state index contributed by atoms with van der Waals surface area (Å²) in [6.45, 7) is -0.196. The van der Waals surface area contributed by atoms with Crippen molar-refractivity contribution in [1.82, 2.24) is 4.98 Å². The number of para-hydroxylation sites is 1. The Hall–Kier alpha value is -3.73. The number of nitrogens with zero attached hydrogens (tertiary/aromatic N) is 1. The van der Waals surface area contributed by atoms with Crippen LogP contribution in [0.1, 0.15) is 0 Å². The summed E-state index contributed by atoms with van der Waals surface area (Å²) in [5, 5.41) is 3.28. The Bertz CT molecular complexity index is 1120. The highest BCUT2D eigenvalue weighted by molar-refractivity contribution is 5.93. The van der Waals surface area contributed by atoms with Gasteiger partial charge in [0.2, 0.25) is 0 Å². The summed E-state index contributed by atoms with van der Waals surface area (Å²) in [6.07, 6.45) is 0. The lowest BCUT2D eigenvalue weighted by Crippen LogP contribution is -2.20. The maximum absolute atomic E-state index is 13.8. The number of carbonyl (C=O) groups is 1. The molecule has 0 aliphatic carbocycles. The van der Waals surface area contributed by atoms with E-state index in [2.05, 4.69) is 10.3 Å². The molecule has 4 rings (SSSR count). The first-order valence-electron chi connectivity index (χ1n) is 8.82. The molecular formula is C23H17FN2O2. The molecule has 5 heteroatoms. The molecule has 28 heavy (non-hydrogen) atoms. The Kier molecular flexibility index (Phi) is 4.97. The van der Waals surface area contributed by atoms with E-state index in [-0.39, 0.29) is 18.3 Å². The van der Waals surface area contributed by atoms with E-state index in [9.17, 15) is 9.18 Å². The molecule has 4 aromatic rings. The summed E-state index contributed by atoms with van der Waals surface area (Å²) >= 11 is 0. The van der Waals surface area contributed by atoms with Crippen LogP contribution in [-0.4, -0.2) is 17.5 Å². The molecule has 0 fully saturated rings. The molecule has 0 atom stereocenters. The number of anilines is 1. The number of amides is 1. The number of pyridine rings is 1. The number of hydrogen-bond donors (Lipinski definition) is 1. The molecule has 1 heterocycles. The van der Waals surface area contributed by atoms with Crippen molar-refractivity contribution >= 4 is 22.5 Å². The van der Waals surface area contributed by atoms with Crippen LogP contribution in [-0.2, 0) is 4.79 Å². The molecule has 0 spiro atoms. The maximum atomic E-state index is 13.8. The predicted octanol–water partition coefficient (Wildman–Crippen LogP) is 5.06. The highest BCUT2D eigenvalue weighted by atomic mass is 19.1. The zero-order chi connectivity index (χ0) is 19.3. The van der Waals surface area contributed by atoms with Gasteiger partial charge in [-0.3, -0.25) is 4.79 Å². The molecule has 1 N–H and O–H groups in total. The number of benzene rings is 3. The molecule has 0 saturated carbocycles. The van der Waals surface area contributed by atoms with Crippen molar-refractivity contribution in [3.8, 4) is 17.0 Å². The van der Waals surface area contributed by atoms with Crippen LogP contribution in [0.2, 0.25) is 0 Å². The average molecular weight is 372 g/mol. The van der Waals surface area contributed by atoms with Gasteiger partial charge in [-0.1, -0.05) is 48.5 Å². The standard InChI is InChI=1S/C23H17FN2O2/c24-17-11-12-20-19(13-17)22(14-21(26-20)16-7-3-1-4-8-16)28-15-23(27)25-18-9-5-2-6-10-18/h1-14H,15H2,(H,25,27). The lowest BCUT2D eigenvalue weighted by molar-refractivity contribution is -0.118. The zero-order valence-electron chi connectivity index (χ0n) is 14.9. The largest absolute Gasteiger partial charge is 0.483 e. The van der Waals surface area contributed by atoms with Crippen molar-refractivity contribution in [2.45, 2.75) is 0 Å². The second-order valence-corrected chi connectivity index (χ2v) is 6.24. The molecular weight excluding hydrogens is 355 g/mol. The van der Waals surface area contributed by atoms with Gasteiger partial charge in [0.05, 0.1) is 11.2 Å². The van der Waals surface area contributed by atoms with Gasteiger partial charge in [0.1, 0.15) is 11.6 Å². The first kappa shape index (κ1) is 17.7. The second-order valence-electron chi connectivity index (χ2n) is 6.24. The minimum absolute atomic E-state index is 0.196. The number of halogens is 1. The number of carbonyl (C=O) groups excluding carboxylic acids is 1. The molecule has 4 nitrogen and oxygen atoms in total. The van der Waals surface area contributed by atoms with Gasteiger partial charge in [-0.25, -0.2) is 9.37 Å². The topological polar surface area (TPSA) is 51.2 Å². The summed E-state index contributed by atoms with van der Waals surface area (Å²) in [7, 11) is 0. The molecule has 0 saturated heterocycles. The molecule has 0 aliphatic heterocycles. The van der Waals surface area contributed by atoms with Gasteiger partial charge >= 0.3 is 0 Å². The van der Waals surface area contributed by atoms with Crippen LogP contribution in [0.5, 0.6) is 5.75 Å². The Morgan fingerprint density at radius 3 is 2.39 bits per heavy atom. The fourth-order valence-corrected chi connectivity index (χ4v) is 2.91. The zero-order valence-corrected chi connectivity index (χ0v) is 14.9. The Morgan fingerprint density at radius 1 is 0.929 bits per heavy atom. The van der Waals surface area contributed by atoms with Gasteiger partial charge in [0.25, 0.3) is 5.91 Å². The smallest absolute Gasteiger partial charge is 0.262 e. The van der Waals surface area contributed by atoms with Crippen LogP contribution < -0.4 is 10.1 Å². The number of hydrogen-bond acceptors (Lipinski definition) is 3. The molecule has 1 amide bonds. The third-order valence-corrected chi connectivity index (χ3v) is 4.22.